The highest BCUT2D eigenvalue weighted by molar-refractivity contribution is 7.99. The fraction of sp³-hybridized carbons (Fsp3) is 0.179. The Bertz CT molecular complexity index is 1800. The van der Waals surface area contributed by atoms with Crippen molar-refractivity contribution < 1.29 is 0 Å². The molecule has 43 heavy (non-hydrogen) atoms. The van der Waals surface area contributed by atoms with Gasteiger partial charge in [0.15, 0.2) is 0 Å². The number of benzene rings is 4. The summed E-state index contributed by atoms with van der Waals surface area (Å²) in [6, 6.07) is 41.7. The van der Waals surface area contributed by atoms with E-state index in [0.717, 1.165) is 0 Å². The number of thioether (sulfide) groups is 1. The summed E-state index contributed by atoms with van der Waals surface area (Å²) in [5.41, 5.74) is 8.58. The molecule has 4 aromatic rings. The van der Waals surface area contributed by atoms with Crippen LogP contribution in [0.1, 0.15) is 36.1 Å². The summed E-state index contributed by atoms with van der Waals surface area (Å²) < 4.78 is 0. The van der Waals surface area contributed by atoms with Crippen LogP contribution in [-0.4, -0.2) is 32.4 Å². The van der Waals surface area contributed by atoms with Crippen molar-refractivity contribution in [3.63, 3.8) is 0 Å². The van der Waals surface area contributed by atoms with E-state index >= 15 is 0 Å². The Balaban J connectivity index is 1.40. The van der Waals surface area contributed by atoms with E-state index in [1.54, 1.807) is 37.1 Å². The molecule has 7 rings (SSSR count). The minimum absolute atomic E-state index is 0.253. The van der Waals surface area contributed by atoms with Crippen LogP contribution < -0.4 is 5.19 Å². The zero-order valence-corrected chi connectivity index (χ0v) is 30.6. The van der Waals surface area contributed by atoms with Crippen molar-refractivity contribution in [1.82, 2.24) is 0 Å². The second-order valence-corrected chi connectivity index (χ2v) is 23.9. The molecule has 0 spiro atoms. The highest BCUT2D eigenvalue weighted by Crippen LogP contribution is 2.59. The van der Waals surface area contributed by atoms with Crippen molar-refractivity contribution in [1.29, 1.82) is 0 Å². The maximum absolute atomic E-state index is 2.64. The predicted molar refractivity (Wildman–Crippen MR) is 198 cm³/mol. The van der Waals surface area contributed by atoms with Gasteiger partial charge in [-0.25, -0.2) is 0 Å². The van der Waals surface area contributed by atoms with E-state index in [2.05, 4.69) is 155 Å². The van der Waals surface area contributed by atoms with Gasteiger partial charge in [0.2, 0.25) is 0 Å². The van der Waals surface area contributed by atoms with Gasteiger partial charge in [0, 0.05) is 10.1 Å². The fourth-order valence-corrected chi connectivity index (χ4v) is 14.3. The molecule has 0 saturated carbocycles. The number of allylic oxidation sites excluding steroid dienone is 6. The highest BCUT2D eigenvalue weighted by atomic mass is 32.2. The van der Waals surface area contributed by atoms with Gasteiger partial charge in [-0.05, 0) is 45.5 Å². The van der Waals surface area contributed by atoms with Crippen molar-refractivity contribution in [2.45, 2.75) is 49.0 Å². The lowest BCUT2D eigenvalue weighted by Gasteiger charge is -2.35. The molecular weight excluding hydrogens is 585 g/mol. The molecule has 2 heterocycles. The first kappa shape index (κ1) is 28.6. The van der Waals surface area contributed by atoms with Crippen LogP contribution in [0.4, 0.5) is 0 Å². The SMILES string of the molecule is CC(C)Sc1cccc(C2=CC3=C([SiH2]2)C2=C(C=C(c4cccc([Si](C)(C)C)c4)[SiH2]2)C3(c2ccccc2)c2ccccc2)c1. The van der Waals surface area contributed by atoms with E-state index in [4.69, 9.17) is 0 Å². The van der Waals surface area contributed by atoms with Gasteiger partial charge in [0.25, 0.3) is 0 Å². The molecule has 0 fully saturated rings. The van der Waals surface area contributed by atoms with Crippen LogP contribution in [0.15, 0.2) is 148 Å². The quantitative estimate of drug-likeness (QED) is 0.148. The van der Waals surface area contributed by atoms with Gasteiger partial charge in [-0.3, -0.25) is 0 Å². The van der Waals surface area contributed by atoms with Crippen LogP contribution in [0.25, 0.3) is 10.4 Å². The summed E-state index contributed by atoms with van der Waals surface area (Å²) in [4.78, 5) is 1.38. The number of rotatable bonds is 7. The van der Waals surface area contributed by atoms with Crippen molar-refractivity contribution in [2.75, 3.05) is 0 Å². The summed E-state index contributed by atoms with van der Waals surface area (Å²) >= 11 is 1.97. The van der Waals surface area contributed by atoms with E-state index in [0.29, 0.717) is 5.25 Å². The molecule has 214 valence electrons. The maximum atomic E-state index is 2.64. The molecule has 0 unspecified atom stereocenters. The Labute approximate surface area is 267 Å². The number of hydrogen-bond acceptors (Lipinski definition) is 1. The topological polar surface area (TPSA) is 0 Å². The van der Waals surface area contributed by atoms with Gasteiger partial charge in [0.1, 0.15) is 0 Å². The zero-order chi connectivity index (χ0) is 29.8. The lowest BCUT2D eigenvalue weighted by molar-refractivity contribution is 0.759. The van der Waals surface area contributed by atoms with Crippen molar-refractivity contribution >= 4 is 54.5 Å². The molecule has 0 radical (unpaired) electrons. The van der Waals surface area contributed by atoms with E-state index in [1.807, 2.05) is 11.8 Å². The molecule has 0 bridgehead atoms. The highest BCUT2D eigenvalue weighted by Gasteiger charge is 2.50. The lowest BCUT2D eigenvalue weighted by atomic mass is 9.66. The molecule has 0 N–H and O–H groups in total. The van der Waals surface area contributed by atoms with Crippen molar-refractivity contribution in [2.24, 2.45) is 0 Å². The molecule has 0 amide bonds. The maximum Gasteiger partial charge on any atom is 0.0885 e. The standard InChI is InChI=1S/C39H40SSi3/c1-26(2)40-31-20-12-14-27(22-31)35-24-33-37(41-35)38-34(25-36(42-38)28-15-13-21-32(23-28)43(3,4)5)39(33,29-16-8-6-9-17-29)30-18-10-7-11-19-30/h6-26H,41-42H2,1-5H3. The average molecular weight is 625 g/mol. The fourth-order valence-electron chi connectivity index (χ4n) is 7.31. The van der Waals surface area contributed by atoms with Crippen LogP contribution in [0, 0.1) is 0 Å². The Morgan fingerprint density at radius 1 is 0.605 bits per heavy atom. The Kier molecular flexibility index (Phi) is 7.37. The molecule has 4 heteroatoms. The molecular formula is C39H40SSi3. The van der Waals surface area contributed by atoms with Gasteiger partial charge < -0.3 is 0 Å². The third kappa shape index (κ3) is 4.98. The first-order valence-electron chi connectivity index (χ1n) is 15.6. The van der Waals surface area contributed by atoms with Crippen LogP contribution in [0.5, 0.6) is 0 Å². The monoisotopic (exact) mass is 624 g/mol. The average Bonchev–Trinajstić information content (AvgIpc) is 3.69. The van der Waals surface area contributed by atoms with Gasteiger partial charge in [0.05, 0.1) is 32.5 Å². The van der Waals surface area contributed by atoms with Crippen LogP contribution in [-0.2, 0) is 5.41 Å². The van der Waals surface area contributed by atoms with E-state index in [9.17, 15) is 0 Å². The minimum atomic E-state index is -1.40. The summed E-state index contributed by atoms with van der Waals surface area (Å²) in [7, 11) is -2.66. The molecule has 1 aliphatic carbocycles. The summed E-state index contributed by atoms with van der Waals surface area (Å²) in [5, 5.41) is 8.83. The van der Waals surface area contributed by atoms with Crippen LogP contribution in [0.2, 0.25) is 19.6 Å². The number of fused-ring (bicyclic) bond motifs is 1. The van der Waals surface area contributed by atoms with Gasteiger partial charge in [-0.15, -0.1) is 11.8 Å². The van der Waals surface area contributed by atoms with Crippen molar-refractivity contribution in [3.05, 3.63) is 165 Å². The van der Waals surface area contributed by atoms with Crippen molar-refractivity contribution in [3.8, 4) is 0 Å². The van der Waals surface area contributed by atoms with Crippen LogP contribution in [0.3, 0.4) is 0 Å². The molecule has 0 aromatic heterocycles. The van der Waals surface area contributed by atoms with E-state index in [-0.39, 0.29) is 5.41 Å². The second kappa shape index (κ2) is 11.1. The van der Waals surface area contributed by atoms with Crippen LogP contribution >= 0.6 is 11.8 Å². The second-order valence-electron chi connectivity index (χ2n) is 13.5. The van der Waals surface area contributed by atoms with Gasteiger partial charge in [-0.1, -0.05) is 169 Å². The summed E-state index contributed by atoms with van der Waals surface area (Å²) in [5.74, 6) is 0. The number of hydrogen-bond donors (Lipinski definition) is 0. The zero-order valence-electron chi connectivity index (χ0n) is 25.9. The predicted octanol–water partition coefficient (Wildman–Crippen LogP) is 7.99. The smallest absolute Gasteiger partial charge is 0.0885 e. The summed E-state index contributed by atoms with van der Waals surface area (Å²) in [6.07, 6.45) is 5.28. The molecule has 2 aliphatic heterocycles. The third-order valence-corrected chi connectivity index (χ3v) is 17.1. The van der Waals surface area contributed by atoms with Gasteiger partial charge in [-0.2, -0.15) is 0 Å². The first-order chi connectivity index (χ1) is 20.7. The molecule has 4 aromatic carbocycles. The van der Waals surface area contributed by atoms with E-state index in [1.165, 1.54) is 27.1 Å². The molecule has 0 atom stereocenters. The Hall–Kier alpha value is -3.16. The third-order valence-electron chi connectivity index (χ3n) is 9.28. The summed E-state index contributed by atoms with van der Waals surface area (Å²) in [6.45, 7) is 12.0. The lowest BCUT2D eigenvalue weighted by Crippen LogP contribution is -2.37. The van der Waals surface area contributed by atoms with Gasteiger partial charge >= 0.3 is 0 Å². The molecule has 0 nitrogen and oxygen atoms in total. The normalized spacial score (nSPS) is 18.5. The minimum Gasteiger partial charge on any atom is -0.123 e. The Morgan fingerprint density at radius 2 is 1.12 bits per heavy atom. The Morgan fingerprint density at radius 3 is 1.63 bits per heavy atom. The largest absolute Gasteiger partial charge is 0.123 e. The molecule has 0 saturated heterocycles. The molecule has 3 aliphatic rings. The first-order valence-corrected chi connectivity index (χ1v) is 22.8. The van der Waals surface area contributed by atoms with E-state index < -0.39 is 27.1 Å².